The van der Waals surface area contributed by atoms with E-state index >= 15 is 0 Å². The Morgan fingerprint density at radius 2 is 1.93 bits per heavy atom. The minimum atomic E-state index is -1.05. The largest absolute Gasteiger partial charge is 0.451 e. The Morgan fingerprint density at radius 1 is 1.19 bits per heavy atom. The number of nitrogens with zero attached hydrogens (tertiary/aromatic N) is 2. The van der Waals surface area contributed by atoms with Crippen LogP contribution in [0.4, 0.5) is 0 Å². The fourth-order valence-electron chi connectivity index (χ4n) is 3.44. The van der Waals surface area contributed by atoms with E-state index in [4.69, 9.17) is 4.42 Å². The Kier molecular flexibility index (Phi) is 4.28. The lowest BCUT2D eigenvalue weighted by Gasteiger charge is -2.37. The van der Waals surface area contributed by atoms with Crippen molar-refractivity contribution in [2.75, 3.05) is 13.1 Å². The van der Waals surface area contributed by atoms with Crippen molar-refractivity contribution < 1.29 is 14.3 Å². The van der Waals surface area contributed by atoms with Crippen LogP contribution < -0.4 is 5.43 Å². The molecule has 0 aliphatic carbocycles. The molecule has 27 heavy (non-hydrogen) atoms. The Bertz CT molecular complexity index is 1050. The highest BCUT2D eigenvalue weighted by Crippen LogP contribution is 2.32. The van der Waals surface area contributed by atoms with E-state index in [2.05, 4.69) is 4.98 Å². The van der Waals surface area contributed by atoms with Crippen molar-refractivity contribution in [3.05, 3.63) is 75.9 Å². The number of amides is 1. The summed E-state index contributed by atoms with van der Waals surface area (Å²) in [6.45, 7) is 2.67. The number of carbonyl (C=O) groups excluding carboxylic acids is 1. The third-order valence-corrected chi connectivity index (χ3v) is 5.11. The highest BCUT2D eigenvalue weighted by molar-refractivity contribution is 5.93. The van der Waals surface area contributed by atoms with E-state index in [1.807, 2.05) is 19.1 Å². The third-order valence-electron chi connectivity index (χ3n) is 5.11. The summed E-state index contributed by atoms with van der Waals surface area (Å²) in [6, 6.07) is 11.8. The summed E-state index contributed by atoms with van der Waals surface area (Å²) >= 11 is 0. The van der Waals surface area contributed by atoms with Crippen molar-refractivity contribution in [2.45, 2.75) is 25.4 Å². The number of para-hydroxylation sites is 1. The van der Waals surface area contributed by atoms with E-state index in [0.717, 1.165) is 5.56 Å². The molecule has 3 heterocycles. The molecule has 1 fully saturated rings. The van der Waals surface area contributed by atoms with Gasteiger partial charge in [0.05, 0.1) is 11.1 Å². The molecule has 0 spiro atoms. The van der Waals surface area contributed by atoms with Crippen LogP contribution in [0.3, 0.4) is 0 Å². The smallest absolute Gasteiger partial charge is 0.289 e. The van der Waals surface area contributed by atoms with Gasteiger partial charge in [-0.25, -0.2) is 0 Å². The standard InChI is InChI=1S/C21H20N2O4/c1-14-6-7-19(22-13-14)21(26)8-10-23(11-9-21)20(25)18-12-16(24)15-4-2-3-5-17(15)27-18/h2-7,12-13,26H,8-11H2,1H3. The number of aryl methyl sites for hydroxylation is 1. The molecule has 6 nitrogen and oxygen atoms in total. The van der Waals surface area contributed by atoms with Gasteiger partial charge < -0.3 is 14.4 Å². The lowest BCUT2D eigenvalue weighted by Crippen LogP contribution is -2.45. The predicted octanol–water partition coefficient (Wildman–Crippen LogP) is 2.62. The molecule has 1 amide bonds. The number of hydrogen-bond acceptors (Lipinski definition) is 5. The number of benzene rings is 1. The zero-order valence-electron chi connectivity index (χ0n) is 15.0. The Balaban J connectivity index is 1.53. The van der Waals surface area contributed by atoms with E-state index in [1.165, 1.54) is 6.07 Å². The second-order valence-electron chi connectivity index (χ2n) is 7.02. The number of pyridine rings is 1. The van der Waals surface area contributed by atoms with Gasteiger partial charge in [-0.15, -0.1) is 0 Å². The number of hydrogen-bond donors (Lipinski definition) is 1. The number of aromatic nitrogens is 1. The molecule has 2 aromatic heterocycles. The maximum Gasteiger partial charge on any atom is 0.289 e. The second kappa shape index (κ2) is 6.63. The van der Waals surface area contributed by atoms with E-state index in [1.54, 1.807) is 35.4 Å². The zero-order chi connectivity index (χ0) is 19.0. The topological polar surface area (TPSA) is 83.6 Å². The Morgan fingerprint density at radius 3 is 2.63 bits per heavy atom. The maximum absolute atomic E-state index is 12.8. The summed E-state index contributed by atoms with van der Waals surface area (Å²) in [6.07, 6.45) is 2.49. The summed E-state index contributed by atoms with van der Waals surface area (Å²) in [4.78, 5) is 30.9. The van der Waals surface area contributed by atoms with Crippen LogP contribution in [-0.4, -0.2) is 34.0 Å². The molecule has 6 heteroatoms. The summed E-state index contributed by atoms with van der Waals surface area (Å²) in [5, 5.41) is 11.4. The number of fused-ring (bicyclic) bond motifs is 1. The van der Waals surface area contributed by atoms with Crippen LogP contribution in [0.15, 0.2) is 57.9 Å². The first-order valence-electron chi connectivity index (χ1n) is 8.94. The average molecular weight is 364 g/mol. The van der Waals surface area contributed by atoms with Crippen molar-refractivity contribution >= 4 is 16.9 Å². The van der Waals surface area contributed by atoms with Gasteiger partial charge in [-0.3, -0.25) is 14.6 Å². The summed E-state index contributed by atoms with van der Waals surface area (Å²) < 4.78 is 5.64. The van der Waals surface area contributed by atoms with E-state index in [0.29, 0.717) is 42.6 Å². The fraction of sp³-hybridized carbons (Fsp3) is 0.286. The van der Waals surface area contributed by atoms with Crippen LogP contribution in [0, 0.1) is 6.92 Å². The van der Waals surface area contributed by atoms with Gasteiger partial charge in [0.2, 0.25) is 0 Å². The monoisotopic (exact) mass is 364 g/mol. The Labute approximate surface area is 156 Å². The van der Waals surface area contributed by atoms with Crippen molar-refractivity contribution in [1.29, 1.82) is 0 Å². The van der Waals surface area contributed by atoms with Crippen LogP contribution in [0.1, 0.15) is 34.7 Å². The van der Waals surface area contributed by atoms with Gasteiger partial charge in [0.15, 0.2) is 11.2 Å². The molecular weight excluding hydrogens is 344 g/mol. The number of carbonyl (C=O) groups is 1. The van der Waals surface area contributed by atoms with Crippen molar-refractivity contribution in [3.63, 3.8) is 0 Å². The first-order valence-corrected chi connectivity index (χ1v) is 8.94. The van der Waals surface area contributed by atoms with Crippen molar-refractivity contribution in [1.82, 2.24) is 9.88 Å². The molecule has 1 N–H and O–H groups in total. The van der Waals surface area contributed by atoms with Gasteiger partial charge in [0.1, 0.15) is 11.2 Å². The van der Waals surface area contributed by atoms with Gasteiger partial charge in [-0.1, -0.05) is 18.2 Å². The molecule has 1 aliphatic heterocycles. The van der Waals surface area contributed by atoms with Crippen LogP contribution >= 0.6 is 0 Å². The quantitative estimate of drug-likeness (QED) is 0.756. The number of likely N-dealkylation sites (tertiary alicyclic amines) is 1. The van der Waals surface area contributed by atoms with Gasteiger partial charge >= 0.3 is 0 Å². The third kappa shape index (κ3) is 3.24. The fourth-order valence-corrected chi connectivity index (χ4v) is 3.44. The first-order chi connectivity index (χ1) is 13.0. The number of rotatable bonds is 2. The average Bonchev–Trinajstić information content (AvgIpc) is 2.68. The second-order valence-corrected chi connectivity index (χ2v) is 7.02. The molecule has 0 bridgehead atoms. The van der Waals surface area contributed by atoms with E-state index in [-0.39, 0.29) is 17.1 Å². The maximum atomic E-state index is 12.8. The van der Waals surface area contributed by atoms with E-state index < -0.39 is 5.60 Å². The normalized spacial score (nSPS) is 16.4. The first kappa shape index (κ1) is 17.4. The van der Waals surface area contributed by atoms with Crippen molar-refractivity contribution in [3.8, 4) is 0 Å². The van der Waals surface area contributed by atoms with Gasteiger partial charge in [0, 0.05) is 25.4 Å². The molecule has 0 atom stereocenters. The molecule has 0 saturated carbocycles. The highest BCUT2D eigenvalue weighted by Gasteiger charge is 2.37. The predicted molar refractivity (Wildman–Crippen MR) is 100 cm³/mol. The molecule has 4 rings (SSSR count). The Hall–Kier alpha value is -2.99. The molecule has 3 aromatic rings. The molecule has 0 unspecified atom stereocenters. The zero-order valence-corrected chi connectivity index (χ0v) is 15.0. The van der Waals surface area contributed by atoms with Gasteiger partial charge in [-0.2, -0.15) is 0 Å². The molecule has 0 radical (unpaired) electrons. The van der Waals surface area contributed by atoms with Gasteiger partial charge in [0.25, 0.3) is 5.91 Å². The minimum Gasteiger partial charge on any atom is -0.451 e. The van der Waals surface area contributed by atoms with Crippen LogP contribution in [-0.2, 0) is 5.60 Å². The SMILES string of the molecule is Cc1ccc(C2(O)CCN(C(=O)c3cc(=O)c4ccccc4o3)CC2)nc1. The number of aliphatic hydroxyl groups is 1. The van der Waals surface area contributed by atoms with Crippen molar-refractivity contribution in [2.24, 2.45) is 0 Å². The molecular formula is C21H20N2O4. The lowest BCUT2D eigenvalue weighted by molar-refractivity contribution is -0.0250. The van der Waals surface area contributed by atoms with E-state index in [9.17, 15) is 14.7 Å². The molecule has 1 aliphatic rings. The van der Waals surface area contributed by atoms with Crippen LogP contribution in [0.25, 0.3) is 11.0 Å². The molecule has 1 saturated heterocycles. The van der Waals surface area contributed by atoms with Gasteiger partial charge in [-0.05, 0) is 43.5 Å². The highest BCUT2D eigenvalue weighted by atomic mass is 16.3. The summed E-state index contributed by atoms with van der Waals surface area (Å²) in [7, 11) is 0. The van der Waals surface area contributed by atoms with Crippen LogP contribution in [0.5, 0.6) is 0 Å². The van der Waals surface area contributed by atoms with Crippen LogP contribution in [0.2, 0.25) is 0 Å². The number of piperidine rings is 1. The minimum absolute atomic E-state index is 0.0256. The summed E-state index contributed by atoms with van der Waals surface area (Å²) in [5.41, 5.74) is 0.761. The molecule has 1 aromatic carbocycles. The lowest BCUT2D eigenvalue weighted by atomic mass is 9.87. The molecule has 138 valence electrons. The summed E-state index contributed by atoms with van der Waals surface area (Å²) in [5.74, 6) is -0.311.